The first-order chi connectivity index (χ1) is 11.3. The molecule has 2 aromatic carbocycles. The number of H-pyrrole nitrogens is 1. The van der Waals surface area contributed by atoms with Crippen LogP contribution in [0.15, 0.2) is 59.6 Å². The highest BCUT2D eigenvalue weighted by molar-refractivity contribution is 7.99. The summed E-state index contributed by atoms with van der Waals surface area (Å²) in [5.74, 6) is 1.42. The number of fused-ring (bicyclic) bond motifs is 1. The molecule has 0 atom stereocenters. The zero-order valence-corrected chi connectivity index (χ0v) is 13.7. The zero-order valence-electron chi connectivity index (χ0n) is 12.8. The molecule has 23 heavy (non-hydrogen) atoms. The van der Waals surface area contributed by atoms with E-state index in [9.17, 15) is 4.79 Å². The Kier molecular flexibility index (Phi) is 4.88. The molecule has 5 heteroatoms. The van der Waals surface area contributed by atoms with Gasteiger partial charge >= 0.3 is 0 Å². The average Bonchev–Trinajstić information content (AvgIpc) is 3.02. The van der Waals surface area contributed by atoms with Crippen LogP contribution < -0.4 is 10.1 Å². The van der Waals surface area contributed by atoms with Crippen molar-refractivity contribution in [3.05, 3.63) is 60.3 Å². The Bertz CT molecular complexity index is 813. The summed E-state index contributed by atoms with van der Waals surface area (Å²) < 4.78 is 5.13. The summed E-state index contributed by atoms with van der Waals surface area (Å²) in [5.41, 5.74) is 1.75. The fourth-order valence-electron chi connectivity index (χ4n) is 2.36. The minimum absolute atomic E-state index is 0.0802. The Balaban J connectivity index is 1.52. The molecule has 0 radical (unpaired) electrons. The van der Waals surface area contributed by atoms with Crippen LogP contribution in [0.5, 0.6) is 5.75 Å². The number of amides is 1. The van der Waals surface area contributed by atoms with Gasteiger partial charge in [0.15, 0.2) is 0 Å². The van der Waals surface area contributed by atoms with Gasteiger partial charge in [-0.2, -0.15) is 0 Å². The van der Waals surface area contributed by atoms with E-state index in [4.69, 9.17) is 4.74 Å². The Morgan fingerprint density at radius 3 is 2.96 bits per heavy atom. The number of carbonyl (C=O) groups is 1. The summed E-state index contributed by atoms with van der Waals surface area (Å²) in [7, 11) is 1.59. The number of para-hydroxylation sites is 1. The van der Waals surface area contributed by atoms with E-state index < -0.39 is 0 Å². The van der Waals surface area contributed by atoms with Crippen LogP contribution >= 0.6 is 11.8 Å². The molecule has 0 unspecified atom stereocenters. The SMILES string of the molecule is COc1cccc(C(=O)NCCSc2c[nH]c3ccccc23)c1. The van der Waals surface area contributed by atoms with Gasteiger partial charge in [0, 0.05) is 39.9 Å². The predicted molar refractivity (Wildman–Crippen MR) is 94.3 cm³/mol. The van der Waals surface area contributed by atoms with Crippen LogP contribution in [0.25, 0.3) is 10.9 Å². The summed E-state index contributed by atoms with van der Waals surface area (Å²) in [6.45, 7) is 0.611. The fraction of sp³-hybridized carbons (Fsp3) is 0.167. The van der Waals surface area contributed by atoms with Crippen LogP contribution in [0.1, 0.15) is 10.4 Å². The van der Waals surface area contributed by atoms with E-state index in [1.54, 1.807) is 31.0 Å². The first-order valence-corrected chi connectivity index (χ1v) is 8.37. The van der Waals surface area contributed by atoms with Crippen LogP contribution in [0.4, 0.5) is 0 Å². The van der Waals surface area contributed by atoms with Crippen LogP contribution in [0.2, 0.25) is 0 Å². The van der Waals surface area contributed by atoms with Gasteiger partial charge in [-0.15, -0.1) is 11.8 Å². The summed E-state index contributed by atoms with van der Waals surface area (Å²) in [4.78, 5) is 16.6. The van der Waals surface area contributed by atoms with E-state index in [1.165, 1.54) is 10.3 Å². The number of thioether (sulfide) groups is 1. The summed E-state index contributed by atoms with van der Waals surface area (Å²) in [5, 5.41) is 4.15. The highest BCUT2D eigenvalue weighted by Gasteiger charge is 2.07. The second-order valence-corrected chi connectivity index (χ2v) is 6.17. The first-order valence-electron chi connectivity index (χ1n) is 7.39. The van der Waals surface area contributed by atoms with Gasteiger partial charge in [-0.3, -0.25) is 4.79 Å². The van der Waals surface area contributed by atoms with E-state index in [1.807, 2.05) is 30.5 Å². The number of benzene rings is 2. The maximum Gasteiger partial charge on any atom is 0.251 e. The van der Waals surface area contributed by atoms with Crippen LogP contribution in [-0.2, 0) is 0 Å². The van der Waals surface area contributed by atoms with Gasteiger partial charge < -0.3 is 15.0 Å². The molecule has 2 N–H and O–H groups in total. The predicted octanol–water partition coefficient (Wildman–Crippen LogP) is 3.70. The average molecular weight is 326 g/mol. The van der Waals surface area contributed by atoms with Crippen molar-refractivity contribution in [2.75, 3.05) is 19.4 Å². The fourth-order valence-corrected chi connectivity index (χ4v) is 3.26. The zero-order chi connectivity index (χ0) is 16.1. The van der Waals surface area contributed by atoms with Crippen LogP contribution in [-0.4, -0.2) is 30.3 Å². The molecule has 0 bridgehead atoms. The lowest BCUT2D eigenvalue weighted by atomic mass is 10.2. The number of hydrogen-bond donors (Lipinski definition) is 2. The van der Waals surface area contributed by atoms with Gasteiger partial charge in [0.2, 0.25) is 0 Å². The van der Waals surface area contributed by atoms with Crippen LogP contribution in [0.3, 0.4) is 0 Å². The topological polar surface area (TPSA) is 54.1 Å². The number of aromatic amines is 1. The van der Waals surface area contributed by atoms with Crippen molar-refractivity contribution in [1.29, 1.82) is 0 Å². The number of methoxy groups -OCH3 is 1. The number of nitrogens with one attached hydrogen (secondary N) is 2. The summed E-state index contributed by atoms with van der Waals surface area (Å²) in [6, 6.07) is 15.4. The molecule has 0 saturated carbocycles. The molecule has 3 aromatic rings. The van der Waals surface area contributed by atoms with E-state index in [0.717, 1.165) is 11.3 Å². The van der Waals surface area contributed by atoms with Crippen molar-refractivity contribution < 1.29 is 9.53 Å². The minimum Gasteiger partial charge on any atom is -0.497 e. The largest absolute Gasteiger partial charge is 0.497 e. The second-order valence-electron chi connectivity index (χ2n) is 5.03. The van der Waals surface area contributed by atoms with Gasteiger partial charge in [-0.1, -0.05) is 24.3 Å². The van der Waals surface area contributed by atoms with Crippen molar-refractivity contribution in [3.63, 3.8) is 0 Å². The van der Waals surface area contributed by atoms with Crippen LogP contribution in [0, 0.1) is 0 Å². The Labute approximate surface area is 139 Å². The molecule has 118 valence electrons. The molecular weight excluding hydrogens is 308 g/mol. The van der Waals surface area contributed by atoms with E-state index in [-0.39, 0.29) is 5.91 Å². The normalized spacial score (nSPS) is 10.7. The Morgan fingerprint density at radius 2 is 2.09 bits per heavy atom. The highest BCUT2D eigenvalue weighted by Crippen LogP contribution is 2.27. The smallest absolute Gasteiger partial charge is 0.251 e. The lowest BCUT2D eigenvalue weighted by Crippen LogP contribution is -2.25. The maximum atomic E-state index is 12.1. The third-order valence-corrected chi connectivity index (χ3v) is 4.59. The Hall–Kier alpha value is -2.40. The molecule has 4 nitrogen and oxygen atoms in total. The van der Waals surface area contributed by atoms with Gasteiger partial charge in [-0.05, 0) is 24.3 Å². The molecule has 1 amide bonds. The minimum atomic E-state index is -0.0802. The third kappa shape index (κ3) is 3.68. The lowest BCUT2D eigenvalue weighted by Gasteiger charge is -2.06. The van der Waals surface area contributed by atoms with E-state index >= 15 is 0 Å². The van der Waals surface area contributed by atoms with Gasteiger partial charge in [0.1, 0.15) is 5.75 Å². The monoisotopic (exact) mass is 326 g/mol. The molecule has 0 aliphatic heterocycles. The van der Waals surface area contributed by atoms with E-state index in [0.29, 0.717) is 17.9 Å². The Morgan fingerprint density at radius 1 is 1.22 bits per heavy atom. The molecule has 1 aromatic heterocycles. The van der Waals surface area contributed by atoms with Gasteiger partial charge in [0.05, 0.1) is 7.11 Å². The number of ether oxygens (including phenoxy) is 1. The maximum absolute atomic E-state index is 12.1. The number of hydrogen-bond acceptors (Lipinski definition) is 3. The standard InChI is InChI=1S/C18H18N2O2S/c1-22-14-6-4-5-13(11-14)18(21)19-9-10-23-17-12-20-16-8-3-2-7-15(16)17/h2-8,11-12,20H,9-10H2,1H3,(H,19,21). The highest BCUT2D eigenvalue weighted by atomic mass is 32.2. The molecule has 0 spiro atoms. The van der Waals surface area contributed by atoms with Gasteiger partial charge in [-0.25, -0.2) is 0 Å². The van der Waals surface area contributed by atoms with Crippen molar-refractivity contribution in [3.8, 4) is 5.75 Å². The van der Waals surface area contributed by atoms with Crippen molar-refractivity contribution in [1.82, 2.24) is 10.3 Å². The van der Waals surface area contributed by atoms with Gasteiger partial charge in [0.25, 0.3) is 5.91 Å². The summed E-state index contributed by atoms with van der Waals surface area (Å²) >= 11 is 1.73. The molecule has 0 aliphatic rings. The molecule has 0 aliphatic carbocycles. The van der Waals surface area contributed by atoms with Crippen molar-refractivity contribution in [2.24, 2.45) is 0 Å². The number of aromatic nitrogens is 1. The van der Waals surface area contributed by atoms with E-state index in [2.05, 4.69) is 22.4 Å². The second kappa shape index (κ2) is 7.24. The number of carbonyl (C=O) groups excluding carboxylic acids is 1. The quantitative estimate of drug-likeness (QED) is 0.536. The molecule has 0 saturated heterocycles. The molecular formula is C18H18N2O2S. The lowest BCUT2D eigenvalue weighted by molar-refractivity contribution is 0.0956. The van der Waals surface area contributed by atoms with Crippen molar-refractivity contribution >= 4 is 28.6 Å². The first kappa shape index (κ1) is 15.5. The number of rotatable bonds is 6. The summed E-state index contributed by atoms with van der Waals surface area (Å²) in [6.07, 6.45) is 2.01. The third-order valence-electron chi connectivity index (χ3n) is 3.53. The van der Waals surface area contributed by atoms with Crippen molar-refractivity contribution in [2.45, 2.75) is 4.90 Å². The molecule has 0 fully saturated rings. The molecule has 1 heterocycles. The molecule has 3 rings (SSSR count).